The van der Waals surface area contributed by atoms with Gasteiger partial charge in [-0.1, -0.05) is 42.5 Å². The second-order valence-corrected chi connectivity index (χ2v) is 8.32. The molecule has 0 radical (unpaired) electrons. The van der Waals surface area contributed by atoms with Crippen LogP contribution in [0.25, 0.3) is 34.0 Å². The Morgan fingerprint density at radius 1 is 0.929 bits per heavy atom. The predicted octanol–water partition coefficient (Wildman–Crippen LogP) is 4.06. The number of rotatable bonds is 6. The lowest BCUT2D eigenvalue weighted by atomic mass is 10.1. The van der Waals surface area contributed by atoms with Crippen molar-refractivity contribution in [1.29, 1.82) is 0 Å². The van der Waals surface area contributed by atoms with Gasteiger partial charge in [0, 0.05) is 35.7 Å². The van der Waals surface area contributed by atoms with Crippen LogP contribution >= 0.6 is 0 Å². The molecular formula is C22H21N2O3S+. The molecule has 4 aromatic rings. The zero-order chi connectivity index (χ0) is 19.6. The first-order valence-electron chi connectivity index (χ1n) is 9.12. The lowest BCUT2D eigenvalue weighted by Crippen LogP contribution is -2.35. The quantitative estimate of drug-likeness (QED) is 0.383. The Bertz CT molecular complexity index is 1270. The van der Waals surface area contributed by atoms with Crippen molar-refractivity contribution in [1.82, 2.24) is 4.98 Å². The molecule has 0 aliphatic rings. The van der Waals surface area contributed by atoms with E-state index >= 15 is 0 Å². The largest absolute Gasteiger partial charge is 0.361 e. The third kappa shape index (κ3) is 3.98. The molecule has 0 bridgehead atoms. The second kappa shape index (κ2) is 7.58. The standard InChI is InChI=1S/C22H20N2O3S/c25-28(26,27)15-5-13-24-14-12-17(20-7-2-4-9-22(20)24)10-11-18-16-23-21-8-3-1-6-19(18)21/h1-4,6-12,14,16H,5,13,15H2,(H,25,26,27)/p+1. The summed E-state index contributed by atoms with van der Waals surface area (Å²) in [6, 6.07) is 18.3. The normalized spacial score (nSPS) is 12.3. The third-order valence-corrected chi connectivity index (χ3v) is 5.63. The number of aromatic nitrogens is 2. The molecular weight excluding hydrogens is 372 g/mol. The Kier molecular flexibility index (Phi) is 4.98. The predicted molar refractivity (Wildman–Crippen MR) is 112 cm³/mol. The molecule has 2 aromatic carbocycles. The number of aryl methyl sites for hydroxylation is 1. The monoisotopic (exact) mass is 393 g/mol. The molecule has 0 saturated heterocycles. The molecule has 142 valence electrons. The van der Waals surface area contributed by atoms with Crippen molar-refractivity contribution in [3.8, 4) is 0 Å². The molecule has 0 spiro atoms. The Labute approximate surface area is 163 Å². The van der Waals surface area contributed by atoms with E-state index in [9.17, 15) is 8.42 Å². The van der Waals surface area contributed by atoms with Gasteiger partial charge >= 0.3 is 0 Å². The van der Waals surface area contributed by atoms with Crippen LogP contribution in [0.1, 0.15) is 17.5 Å². The Morgan fingerprint density at radius 3 is 2.46 bits per heavy atom. The summed E-state index contributed by atoms with van der Waals surface area (Å²) in [5.74, 6) is -0.240. The number of fused-ring (bicyclic) bond motifs is 2. The number of H-pyrrole nitrogens is 1. The van der Waals surface area contributed by atoms with E-state index in [0.717, 1.165) is 27.5 Å². The molecule has 0 atom stereocenters. The van der Waals surface area contributed by atoms with Gasteiger partial charge in [-0.3, -0.25) is 4.55 Å². The topological polar surface area (TPSA) is 74.0 Å². The number of para-hydroxylation sites is 2. The van der Waals surface area contributed by atoms with E-state index in [2.05, 4.69) is 35.3 Å². The number of benzene rings is 2. The maximum Gasteiger partial charge on any atom is 0.265 e. The highest BCUT2D eigenvalue weighted by Crippen LogP contribution is 2.22. The summed E-state index contributed by atoms with van der Waals surface area (Å²) in [6.45, 7) is 0.521. The van der Waals surface area contributed by atoms with Gasteiger partial charge in [0.05, 0.1) is 11.1 Å². The zero-order valence-corrected chi connectivity index (χ0v) is 16.1. The van der Waals surface area contributed by atoms with Gasteiger partial charge in [-0.25, -0.2) is 0 Å². The van der Waals surface area contributed by atoms with Crippen LogP contribution in [-0.2, 0) is 16.7 Å². The molecule has 0 aliphatic carbocycles. The number of hydrogen-bond acceptors (Lipinski definition) is 2. The summed E-state index contributed by atoms with van der Waals surface area (Å²) in [4.78, 5) is 3.28. The lowest BCUT2D eigenvalue weighted by Gasteiger charge is -2.04. The van der Waals surface area contributed by atoms with E-state index in [4.69, 9.17) is 4.55 Å². The first-order chi connectivity index (χ1) is 13.5. The van der Waals surface area contributed by atoms with Crippen molar-refractivity contribution in [2.45, 2.75) is 13.0 Å². The van der Waals surface area contributed by atoms with Crippen LogP contribution in [-0.4, -0.2) is 23.7 Å². The fourth-order valence-electron chi connectivity index (χ4n) is 3.48. The van der Waals surface area contributed by atoms with Gasteiger partial charge in [0.15, 0.2) is 6.20 Å². The summed E-state index contributed by atoms with van der Waals surface area (Å²) in [6.07, 6.45) is 8.52. The fourth-order valence-corrected chi connectivity index (χ4v) is 3.97. The van der Waals surface area contributed by atoms with Crippen LogP contribution in [0.3, 0.4) is 0 Å². The van der Waals surface area contributed by atoms with E-state index in [1.165, 1.54) is 5.39 Å². The van der Waals surface area contributed by atoms with Gasteiger partial charge in [-0.2, -0.15) is 13.0 Å². The molecule has 0 fully saturated rings. The van der Waals surface area contributed by atoms with Crippen molar-refractivity contribution in [2.75, 3.05) is 5.75 Å². The molecule has 0 aliphatic heterocycles. The summed E-state index contributed by atoms with van der Waals surface area (Å²) in [7, 11) is -3.93. The average Bonchev–Trinajstić information content (AvgIpc) is 3.09. The van der Waals surface area contributed by atoms with E-state index in [0.29, 0.717) is 13.0 Å². The zero-order valence-electron chi connectivity index (χ0n) is 15.2. The van der Waals surface area contributed by atoms with Crippen LogP contribution in [0.15, 0.2) is 67.0 Å². The van der Waals surface area contributed by atoms with Crippen molar-refractivity contribution < 1.29 is 17.5 Å². The smallest absolute Gasteiger partial charge is 0.265 e. The number of nitrogens with zero attached hydrogens (tertiary/aromatic N) is 1. The number of hydrogen-bond donors (Lipinski definition) is 2. The molecule has 0 saturated carbocycles. The molecule has 4 rings (SSSR count). The minimum absolute atomic E-state index is 0.240. The first-order valence-corrected chi connectivity index (χ1v) is 10.7. The van der Waals surface area contributed by atoms with Gasteiger partial charge in [0.25, 0.3) is 10.1 Å². The Balaban J connectivity index is 1.66. The van der Waals surface area contributed by atoms with Crippen LogP contribution in [0.5, 0.6) is 0 Å². The minimum atomic E-state index is -3.93. The molecule has 2 heterocycles. The van der Waals surface area contributed by atoms with Crippen molar-refractivity contribution in [2.24, 2.45) is 0 Å². The Morgan fingerprint density at radius 2 is 1.64 bits per heavy atom. The highest BCUT2D eigenvalue weighted by atomic mass is 32.2. The molecule has 0 unspecified atom stereocenters. The van der Waals surface area contributed by atoms with Crippen LogP contribution < -0.4 is 4.57 Å². The van der Waals surface area contributed by atoms with E-state index in [1.54, 1.807) is 0 Å². The summed E-state index contributed by atoms with van der Waals surface area (Å²) in [5.41, 5.74) is 4.35. The lowest BCUT2D eigenvalue weighted by molar-refractivity contribution is -0.671. The van der Waals surface area contributed by atoms with Crippen LogP contribution in [0, 0.1) is 0 Å². The molecule has 6 heteroatoms. The maximum absolute atomic E-state index is 11.0. The van der Waals surface area contributed by atoms with Gasteiger partial charge in [-0.05, 0) is 23.3 Å². The summed E-state index contributed by atoms with van der Waals surface area (Å²) in [5, 5.41) is 2.27. The number of aromatic amines is 1. The Hall–Kier alpha value is -2.96. The SMILES string of the molecule is O=S(=O)(O)CCC[n+]1ccc(/C=C/c2c[nH]c3ccccc23)c2ccccc21. The van der Waals surface area contributed by atoms with Gasteiger partial charge in [-0.15, -0.1) is 0 Å². The molecule has 0 amide bonds. The fraction of sp³-hybridized carbons (Fsp3) is 0.136. The van der Waals surface area contributed by atoms with E-state index < -0.39 is 10.1 Å². The number of nitrogens with one attached hydrogen (secondary N) is 1. The van der Waals surface area contributed by atoms with E-state index in [1.807, 2.05) is 53.4 Å². The third-order valence-electron chi connectivity index (χ3n) is 4.82. The molecule has 2 N–H and O–H groups in total. The van der Waals surface area contributed by atoms with Gasteiger partial charge < -0.3 is 4.98 Å². The maximum atomic E-state index is 11.0. The number of pyridine rings is 1. The van der Waals surface area contributed by atoms with Gasteiger partial charge in [0.1, 0.15) is 6.54 Å². The van der Waals surface area contributed by atoms with Crippen LogP contribution in [0.4, 0.5) is 0 Å². The van der Waals surface area contributed by atoms with Crippen LogP contribution in [0.2, 0.25) is 0 Å². The van der Waals surface area contributed by atoms with Crippen molar-refractivity contribution >= 4 is 44.1 Å². The summed E-state index contributed by atoms with van der Waals surface area (Å²) < 4.78 is 32.9. The molecule has 28 heavy (non-hydrogen) atoms. The van der Waals surface area contributed by atoms with Gasteiger partial charge in [0.2, 0.25) is 5.52 Å². The highest BCUT2D eigenvalue weighted by Gasteiger charge is 2.13. The molecule has 2 aromatic heterocycles. The highest BCUT2D eigenvalue weighted by molar-refractivity contribution is 7.85. The van der Waals surface area contributed by atoms with Crippen molar-refractivity contribution in [3.05, 3.63) is 78.1 Å². The van der Waals surface area contributed by atoms with E-state index in [-0.39, 0.29) is 5.75 Å². The first kappa shape index (κ1) is 18.4. The minimum Gasteiger partial charge on any atom is -0.361 e. The second-order valence-electron chi connectivity index (χ2n) is 6.74. The molecule has 5 nitrogen and oxygen atoms in total. The average molecular weight is 393 g/mol. The summed E-state index contributed by atoms with van der Waals surface area (Å²) >= 11 is 0. The van der Waals surface area contributed by atoms with Crippen molar-refractivity contribution in [3.63, 3.8) is 0 Å².